The van der Waals surface area contributed by atoms with Gasteiger partial charge in [-0.1, -0.05) is 24.3 Å². The molecule has 0 saturated heterocycles. The topological polar surface area (TPSA) is 45.2 Å². The number of anilines is 1. The van der Waals surface area contributed by atoms with E-state index in [2.05, 4.69) is 39.5 Å². The number of thiazole rings is 1. The third-order valence-electron chi connectivity index (χ3n) is 3.65. The van der Waals surface area contributed by atoms with Crippen molar-refractivity contribution < 1.29 is 4.79 Å². The Kier molecular flexibility index (Phi) is 4.31. The first-order valence-electron chi connectivity index (χ1n) is 7.22. The van der Waals surface area contributed by atoms with Crippen LogP contribution in [0, 0.1) is 0 Å². The van der Waals surface area contributed by atoms with Gasteiger partial charge in [-0.15, -0.1) is 11.3 Å². The standard InChI is InChI=1S/C16H19N3OS/c1-12(20)18-16-17-9-15(21-16)11-19-8-4-7-13-5-2-3-6-14(13)10-19/h2-3,5-6,9H,4,7-8,10-11H2,1H3,(H,17,18,20). The van der Waals surface area contributed by atoms with Gasteiger partial charge in [0.25, 0.3) is 0 Å². The van der Waals surface area contributed by atoms with E-state index >= 15 is 0 Å². The number of benzene rings is 1. The van der Waals surface area contributed by atoms with Gasteiger partial charge in [0.15, 0.2) is 5.13 Å². The number of aryl methyl sites for hydroxylation is 1. The van der Waals surface area contributed by atoms with E-state index in [0.717, 1.165) is 26.1 Å². The number of aromatic nitrogens is 1. The zero-order valence-electron chi connectivity index (χ0n) is 12.1. The molecule has 0 unspecified atom stereocenters. The number of nitrogens with zero attached hydrogens (tertiary/aromatic N) is 2. The third kappa shape index (κ3) is 3.68. The molecule has 0 bridgehead atoms. The highest BCUT2D eigenvalue weighted by Gasteiger charge is 2.15. The number of rotatable bonds is 3. The summed E-state index contributed by atoms with van der Waals surface area (Å²) in [4.78, 5) is 18.9. The first-order valence-corrected chi connectivity index (χ1v) is 8.04. The zero-order valence-corrected chi connectivity index (χ0v) is 12.9. The SMILES string of the molecule is CC(=O)Nc1ncc(CN2CCCc3ccccc3C2)s1. The van der Waals surface area contributed by atoms with Crippen molar-refractivity contribution in [3.8, 4) is 0 Å². The van der Waals surface area contributed by atoms with Crippen molar-refractivity contribution in [3.05, 3.63) is 46.5 Å². The number of amides is 1. The molecular weight excluding hydrogens is 282 g/mol. The smallest absolute Gasteiger partial charge is 0.223 e. The maximum atomic E-state index is 11.0. The fourth-order valence-electron chi connectivity index (χ4n) is 2.71. The van der Waals surface area contributed by atoms with Crippen LogP contribution in [-0.2, 0) is 24.3 Å². The molecule has 1 amide bonds. The van der Waals surface area contributed by atoms with Gasteiger partial charge < -0.3 is 5.32 Å². The summed E-state index contributed by atoms with van der Waals surface area (Å²) < 4.78 is 0. The quantitative estimate of drug-likeness (QED) is 0.947. The van der Waals surface area contributed by atoms with Crippen molar-refractivity contribution in [2.75, 3.05) is 11.9 Å². The second kappa shape index (κ2) is 6.37. The molecule has 21 heavy (non-hydrogen) atoms. The zero-order chi connectivity index (χ0) is 14.7. The summed E-state index contributed by atoms with van der Waals surface area (Å²) in [5.74, 6) is -0.0698. The summed E-state index contributed by atoms with van der Waals surface area (Å²) in [5, 5.41) is 3.43. The molecule has 2 aromatic rings. The Morgan fingerprint density at radius 2 is 2.19 bits per heavy atom. The van der Waals surface area contributed by atoms with E-state index in [1.165, 1.54) is 29.3 Å². The monoisotopic (exact) mass is 301 g/mol. The highest BCUT2D eigenvalue weighted by Crippen LogP contribution is 2.23. The molecule has 1 N–H and O–H groups in total. The van der Waals surface area contributed by atoms with E-state index in [9.17, 15) is 4.79 Å². The summed E-state index contributed by atoms with van der Waals surface area (Å²) in [5.41, 5.74) is 2.91. The summed E-state index contributed by atoms with van der Waals surface area (Å²) in [6.07, 6.45) is 4.22. The molecule has 1 aromatic heterocycles. The fraction of sp³-hybridized carbons (Fsp3) is 0.375. The molecule has 110 valence electrons. The average Bonchev–Trinajstić information content (AvgIpc) is 2.76. The molecule has 4 nitrogen and oxygen atoms in total. The number of hydrogen-bond donors (Lipinski definition) is 1. The second-order valence-electron chi connectivity index (χ2n) is 5.40. The van der Waals surface area contributed by atoms with Gasteiger partial charge in [-0.25, -0.2) is 4.98 Å². The average molecular weight is 301 g/mol. The van der Waals surface area contributed by atoms with Crippen molar-refractivity contribution in [1.82, 2.24) is 9.88 Å². The Morgan fingerprint density at radius 3 is 3.00 bits per heavy atom. The van der Waals surface area contributed by atoms with Crippen LogP contribution >= 0.6 is 11.3 Å². The first kappa shape index (κ1) is 14.2. The van der Waals surface area contributed by atoms with E-state index in [-0.39, 0.29) is 5.91 Å². The van der Waals surface area contributed by atoms with Crippen LogP contribution in [0.2, 0.25) is 0 Å². The van der Waals surface area contributed by atoms with Gasteiger partial charge in [0.05, 0.1) is 0 Å². The summed E-state index contributed by atoms with van der Waals surface area (Å²) in [6.45, 7) is 4.49. The molecule has 0 radical (unpaired) electrons. The molecule has 1 aliphatic heterocycles. The highest BCUT2D eigenvalue weighted by atomic mass is 32.1. The number of hydrogen-bond acceptors (Lipinski definition) is 4. The van der Waals surface area contributed by atoms with Gasteiger partial charge in [0.2, 0.25) is 5.91 Å². The van der Waals surface area contributed by atoms with Crippen LogP contribution in [0.3, 0.4) is 0 Å². The Balaban J connectivity index is 1.68. The molecule has 2 heterocycles. The van der Waals surface area contributed by atoms with Crippen molar-refractivity contribution >= 4 is 22.4 Å². The Hall–Kier alpha value is -1.72. The van der Waals surface area contributed by atoms with Crippen molar-refractivity contribution in [2.24, 2.45) is 0 Å². The highest BCUT2D eigenvalue weighted by molar-refractivity contribution is 7.15. The van der Waals surface area contributed by atoms with Crippen molar-refractivity contribution in [3.63, 3.8) is 0 Å². The van der Waals surface area contributed by atoms with Crippen LogP contribution in [0.4, 0.5) is 5.13 Å². The summed E-state index contributed by atoms with van der Waals surface area (Å²) in [7, 11) is 0. The van der Waals surface area contributed by atoms with E-state index in [0.29, 0.717) is 5.13 Å². The molecule has 0 saturated carbocycles. The van der Waals surface area contributed by atoms with Crippen LogP contribution in [0.25, 0.3) is 0 Å². The Labute approximate surface area is 128 Å². The molecule has 0 atom stereocenters. The second-order valence-corrected chi connectivity index (χ2v) is 6.51. The van der Waals surface area contributed by atoms with Crippen molar-refractivity contribution in [2.45, 2.75) is 32.9 Å². The van der Waals surface area contributed by atoms with E-state index < -0.39 is 0 Å². The van der Waals surface area contributed by atoms with E-state index in [4.69, 9.17) is 0 Å². The van der Waals surface area contributed by atoms with Gasteiger partial charge in [-0.2, -0.15) is 0 Å². The van der Waals surface area contributed by atoms with Crippen LogP contribution in [-0.4, -0.2) is 22.3 Å². The number of carbonyl (C=O) groups is 1. The number of nitrogens with one attached hydrogen (secondary N) is 1. The summed E-state index contributed by atoms with van der Waals surface area (Å²) >= 11 is 1.56. The van der Waals surface area contributed by atoms with Crippen molar-refractivity contribution in [1.29, 1.82) is 0 Å². The summed E-state index contributed by atoms with van der Waals surface area (Å²) in [6, 6.07) is 8.70. The van der Waals surface area contributed by atoms with E-state index in [1.54, 1.807) is 11.3 Å². The molecule has 1 aliphatic rings. The maximum absolute atomic E-state index is 11.0. The lowest BCUT2D eigenvalue weighted by Crippen LogP contribution is -2.22. The lowest BCUT2D eigenvalue weighted by Gasteiger charge is -2.19. The lowest BCUT2D eigenvalue weighted by atomic mass is 10.0. The predicted octanol–water partition coefficient (Wildman–Crippen LogP) is 3.05. The number of fused-ring (bicyclic) bond motifs is 1. The molecule has 1 aromatic carbocycles. The van der Waals surface area contributed by atoms with Gasteiger partial charge in [0.1, 0.15) is 0 Å². The Bertz CT molecular complexity index is 638. The van der Waals surface area contributed by atoms with E-state index in [1.807, 2.05) is 6.20 Å². The molecule has 5 heteroatoms. The van der Waals surface area contributed by atoms with Crippen LogP contribution in [0.1, 0.15) is 29.3 Å². The van der Waals surface area contributed by atoms with Gasteiger partial charge in [0, 0.05) is 31.1 Å². The normalized spacial score (nSPS) is 15.3. The lowest BCUT2D eigenvalue weighted by molar-refractivity contribution is -0.114. The van der Waals surface area contributed by atoms with Gasteiger partial charge in [-0.05, 0) is 30.5 Å². The molecule has 3 rings (SSSR count). The van der Waals surface area contributed by atoms with Gasteiger partial charge in [-0.3, -0.25) is 9.69 Å². The minimum Gasteiger partial charge on any atom is -0.302 e. The predicted molar refractivity (Wildman–Crippen MR) is 85.3 cm³/mol. The maximum Gasteiger partial charge on any atom is 0.223 e. The molecule has 0 fully saturated rings. The molecule has 0 spiro atoms. The minimum absolute atomic E-state index is 0.0698. The Morgan fingerprint density at radius 1 is 1.38 bits per heavy atom. The largest absolute Gasteiger partial charge is 0.302 e. The third-order valence-corrected chi connectivity index (χ3v) is 4.55. The van der Waals surface area contributed by atoms with Crippen LogP contribution in [0.5, 0.6) is 0 Å². The fourth-order valence-corrected chi connectivity index (χ4v) is 3.61. The molecular formula is C16H19N3OS. The van der Waals surface area contributed by atoms with Gasteiger partial charge >= 0.3 is 0 Å². The van der Waals surface area contributed by atoms with Crippen LogP contribution < -0.4 is 5.32 Å². The first-order chi connectivity index (χ1) is 10.2. The van der Waals surface area contributed by atoms with Crippen LogP contribution in [0.15, 0.2) is 30.5 Å². The number of carbonyl (C=O) groups excluding carboxylic acids is 1. The minimum atomic E-state index is -0.0698. The molecule has 0 aliphatic carbocycles.